The van der Waals surface area contributed by atoms with Crippen LogP contribution in [0, 0.1) is 0 Å². The molecule has 1 N–H and O–H groups in total. The van der Waals surface area contributed by atoms with E-state index in [1.54, 1.807) is 0 Å². The summed E-state index contributed by atoms with van der Waals surface area (Å²) in [5.74, 6) is -0.441. The van der Waals surface area contributed by atoms with Crippen LogP contribution < -0.4 is 0 Å². The molecule has 0 bridgehead atoms. The van der Waals surface area contributed by atoms with E-state index >= 15 is 0 Å². The Morgan fingerprint density at radius 3 is 2.38 bits per heavy atom. The summed E-state index contributed by atoms with van der Waals surface area (Å²) in [4.78, 5) is 13.6. The highest BCUT2D eigenvalue weighted by Gasteiger charge is 2.38. The van der Waals surface area contributed by atoms with Crippen molar-refractivity contribution in [2.24, 2.45) is 0 Å². The maximum atomic E-state index is 11.6. The highest BCUT2D eigenvalue weighted by Crippen LogP contribution is 2.28. The Hall–Kier alpha value is -0.320. The first kappa shape index (κ1) is 15.7. The molecule has 0 spiro atoms. The van der Waals surface area contributed by atoms with Crippen LogP contribution in [0.4, 0.5) is 0 Å². The minimum Gasteiger partial charge on any atom is -0.462 e. The van der Waals surface area contributed by atoms with E-state index in [1.165, 1.54) is 0 Å². The van der Waals surface area contributed by atoms with Crippen molar-refractivity contribution in [2.45, 2.75) is 37.7 Å². The van der Waals surface area contributed by atoms with Gasteiger partial charge in [0.1, 0.15) is 6.61 Å². The second-order valence-electron chi connectivity index (χ2n) is 4.53. The van der Waals surface area contributed by atoms with Crippen molar-refractivity contribution >= 4 is 18.4 Å². The molecule has 0 radical (unpaired) electrons. The molecule has 1 fully saturated rings. The van der Waals surface area contributed by atoms with Crippen LogP contribution in [-0.4, -0.2) is 48.8 Å². The van der Waals surface area contributed by atoms with E-state index in [9.17, 15) is 9.90 Å². The highest BCUT2D eigenvalue weighted by molar-refractivity contribution is 5.85. The van der Waals surface area contributed by atoms with Crippen LogP contribution in [0.25, 0.3) is 0 Å². The number of hydrogen-bond acceptors (Lipinski definition) is 4. The van der Waals surface area contributed by atoms with Crippen molar-refractivity contribution in [2.75, 3.05) is 27.2 Å². The van der Waals surface area contributed by atoms with Gasteiger partial charge in [-0.05, 0) is 39.8 Å². The van der Waals surface area contributed by atoms with Crippen LogP contribution in [0.5, 0.6) is 0 Å². The summed E-state index contributed by atoms with van der Waals surface area (Å²) in [6.07, 6.45) is 4.04. The molecule has 0 aromatic carbocycles. The number of ether oxygens (including phenoxy) is 1. The van der Waals surface area contributed by atoms with Gasteiger partial charge in [-0.15, -0.1) is 12.4 Å². The van der Waals surface area contributed by atoms with E-state index in [2.05, 4.69) is 0 Å². The van der Waals surface area contributed by atoms with Crippen molar-refractivity contribution in [1.29, 1.82) is 0 Å². The lowest BCUT2D eigenvalue weighted by atomic mass is 9.85. The third kappa shape index (κ3) is 4.68. The zero-order valence-electron chi connectivity index (χ0n) is 10.1. The molecule has 96 valence electrons. The van der Waals surface area contributed by atoms with Crippen molar-refractivity contribution in [3.63, 3.8) is 0 Å². The number of esters is 1. The molecule has 0 aromatic heterocycles. The van der Waals surface area contributed by atoms with Crippen LogP contribution in [0.15, 0.2) is 0 Å². The van der Waals surface area contributed by atoms with E-state index in [4.69, 9.17) is 4.74 Å². The van der Waals surface area contributed by atoms with Crippen LogP contribution >= 0.6 is 12.4 Å². The van der Waals surface area contributed by atoms with E-state index in [0.717, 1.165) is 19.3 Å². The number of nitrogens with zero attached hydrogens (tertiary/aromatic N) is 1. The Labute approximate surface area is 103 Å². The SMILES string of the molecule is CN(C)CCOC(=O)C1(O)CCCCC1.Cl. The molecule has 16 heavy (non-hydrogen) atoms. The van der Waals surface area contributed by atoms with Gasteiger partial charge >= 0.3 is 5.97 Å². The van der Waals surface area contributed by atoms with E-state index in [-0.39, 0.29) is 12.4 Å². The van der Waals surface area contributed by atoms with Gasteiger partial charge in [0.05, 0.1) is 0 Å². The minimum absolute atomic E-state index is 0. The molecule has 0 aliphatic heterocycles. The van der Waals surface area contributed by atoms with Gasteiger partial charge in [0.2, 0.25) is 0 Å². The number of aliphatic hydroxyl groups is 1. The van der Waals surface area contributed by atoms with E-state index in [0.29, 0.717) is 26.0 Å². The maximum Gasteiger partial charge on any atom is 0.338 e. The first-order valence-electron chi connectivity index (χ1n) is 5.59. The Balaban J connectivity index is 0.00000225. The second kappa shape index (κ2) is 7.09. The van der Waals surface area contributed by atoms with Gasteiger partial charge in [0.15, 0.2) is 5.60 Å². The molecule has 1 aliphatic rings. The molecule has 5 heteroatoms. The number of rotatable bonds is 4. The van der Waals surface area contributed by atoms with Gasteiger partial charge in [-0.1, -0.05) is 6.42 Å². The van der Waals surface area contributed by atoms with Gasteiger partial charge in [0, 0.05) is 6.54 Å². The topological polar surface area (TPSA) is 49.8 Å². The zero-order chi connectivity index (χ0) is 11.3. The predicted octanol–water partition coefficient (Wildman–Crippen LogP) is 1.21. The van der Waals surface area contributed by atoms with Gasteiger partial charge in [-0.2, -0.15) is 0 Å². The Kier molecular flexibility index (Phi) is 6.95. The summed E-state index contributed by atoms with van der Waals surface area (Å²) < 4.78 is 5.06. The summed E-state index contributed by atoms with van der Waals surface area (Å²) in [6.45, 7) is 1.05. The third-order valence-corrected chi connectivity index (χ3v) is 2.83. The van der Waals surface area contributed by atoms with E-state index in [1.807, 2.05) is 19.0 Å². The standard InChI is InChI=1S/C11H21NO3.ClH/c1-12(2)8-9-15-10(13)11(14)6-4-3-5-7-11;/h14H,3-9H2,1-2H3;1H. The minimum atomic E-state index is -1.20. The van der Waals surface area contributed by atoms with Gasteiger partial charge in [-0.25, -0.2) is 4.79 Å². The summed E-state index contributed by atoms with van der Waals surface area (Å²) in [7, 11) is 3.84. The maximum absolute atomic E-state index is 11.6. The average Bonchev–Trinajstić information content (AvgIpc) is 2.18. The average molecular weight is 252 g/mol. The Morgan fingerprint density at radius 2 is 1.88 bits per heavy atom. The van der Waals surface area contributed by atoms with Crippen molar-refractivity contribution < 1.29 is 14.6 Å². The molecule has 0 heterocycles. The number of carbonyl (C=O) groups is 1. The molecule has 0 unspecified atom stereocenters. The fourth-order valence-corrected chi connectivity index (χ4v) is 1.80. The van der Waals surface area contributed by atoms with Crippen molar-refractivity contribution in [1.82, 2.24) is 4.90 Å². The first-order chi connectivity index (χ1) is 7.04. The zero-order valence-corrected chi connectivity index (χ0v) is 10.9. The lowest BCUT2D eigenvalue weighted by molar-refractivity contribution is -0.169. The molecule has 0 atom stereocenters. The van der Waals surface area contributed by atoms with Crippen LogP contribution in [-0.2, 0) is 9.53 Å². The second-order valence-corrected chi connectivity index (χ2v) is 4.53. The lowest BCUT2D eigenvalue weighted by Crippen LogP contribution is -2.42. The van der Waals surface area contributed by atoms with Gasteiger partial charge in [-0.3, -0.25) is 0 Å². The van der Waals surface area contributed by atoms with E-state index < -0.39 is 11.6 Å². The predicted molar refractivity (Wildman–Crippen MR) is 64.8 cm³/mol. The molecule has 1 rings (SSSR count). The summed E-state index contributed by atoms with van der Waals surface area (Å²) >= 11 is 0. The van der Waals surface area contributed by atoms with Gasteiger partial charge in [0.25, 0.3) is 0 Å². The normalized spacial score (nSPS) is 19.0. The molecule has 1 saturated carbocycles. The molecule has 0 amide bonds. The summed E-state index contributed by atoms with van der Waals surface area (Å²) in [5, 5.41) is 10.0. The largest absolute Gasteiger partial charge is 0.462 e. The first-order valence-corrected chi connectivity index (χ1v) is 5.59. The number of likely N-dealkylation sites (N-methyl/N-ethyl adjacent to an activating group) is 1. The quantitative estimate of drug-likeness (QED) is 0.763. The fourth-order valence-electron chi connectivity index (χ4n) is 1.80. The van der Waals surface area contributed by atoms with Crippen LogP contribution in [0.3, 0.4) is 0 Å². The molecular weight excluding hydrogens is 230 g/mol. The Morgan fingerprint density at radius 1 is 1.31 bits per heavy atom. The fraction of sp³-hybridized carbons (Fsp3) is 0.909. The Bertz CT molecular complexity index is 215. The molecular formula is C11H22ClNO3. The van der Waals surface area contributed by atoms with Crippen molar-refractivity contribution in [3.8, 4) is 0 Å². The number of hydrogen-bond donors (Lipinski definition) is 1. The van der Waals surface area contributed by atoms with Crippen molar-refractivity contribution in [3.05, 3.63) is 0 Å². The van der Waals surface area contributed by atoms with Crippen LogP contribution in [0.2, 0.25) is 0 Å². The smallest absolute Gasteiger partial charge is 0.338 e. The number of carbonyl (C=O) groups excluding carboxylic acids is 1. The summed E-state index contributed by atoms with van der Waals surface area (Å²) in [5.41, 5.74) is -1.20. The molecule has 4 nitrogen and oxygen atoms in total. The highest BCUT2D eigenvalue weighted by atomic mass is 35.5. The van der Waals surface area contributed by atoms with Crippen LogP contribution in [0.1, 0.15) is 32.1 Å². The summed E-state index contributed by atoms with van der Waals surface area (Å²) in [6, 6.07) is 0. The van der Waals surface area contributed by atoms with Gasteiger partial charge < -0.3 is 14.7 Å². The lowest BCUT2D eigenvalue weighted by Gasteiger charge is -2.29. The molecule has 1 aliphatic carbocycles. The monoisotopic (exact) mass is 251 g/mol. The molecule has 0 aromatic rings. The molecule has 0 saturated heterocycles. The third-order valence-electron chi connectivity index (χ3n) is 2.83. The number of halogens is 1.